The molecule has 0 atom stereocenters. The first kappa shape index (κ1) is 14.0. The highest BCUT2D eigenvalue weighted by molar-refractivity contribution is 5.23. The number of ether oxygens (including phenoxy) is 1. The molecule has 0 radical (unpaired) electrons. The number of rotatable bonds is 5. The lowest BCUT2D eigenvalue weighted by atomic mass is 9.84. The summed E-state index contributed by atoms with van der Waals surface area (Å²) in [7, 11) is 0. The summed E-state index contributed by atoms with van der Waals surface area (Å²) in [5, 5.41) is 8.95. The van der Waals surface area contributed by atoms with Crippen LogP contribution in [0.4, 0.5) is 5.82 Å². The van der Waals surface area contributed by atoms with Crippen LogP contribution in [0.2, 0.25) is 0 Å². The second-order valence-corrected chi connectivity index (χ2v) is 5.08. The number of nitrogens with zero attached hydrogens (tertiary/aromatic N) is 2. The Balaban J connectivity index is 2.17. The molecule has 0 unspecified atom stereocenters. The van der Waals surface area contributed by atoms with Gasteiger partial charge in [0.2, 0.25) is 0 Å². The fourth-order valence-corrected chi connectivity index (χ4v) is 2.68. The minimum atomic E-state index is -0.359. The van der Waals surface area contributed by atoms with Crippen molar-refractivity contribution in [2.24, 2.45) is 0 Å². The van der Waals surface area contributed by atoms with Crippen LogP contribution in [0.5, 0.6) is 0 Å². The van der Waals surface area contributed by atoms with Gasteiger partial charge < -0.3 is 15.6 Å². The molecule has 6 heteroatoms. The van der Waals surface area contributed by atoms with Crippen molar-refractivity contribution < 1.29 is 9.84 Å². The van der Waals surface area contributed by atoms with Crippen molar-refractivity contribution >= 4 is 5.82 Å². The third kappa shape index (κ3) is 3.54. The Morgan fingerprint density at radius 2 is 2.16 bits per heavy atom. The van der Waals surface area contributed by atoms with Gasteiger partial charge in [0.05, 0.1) is 25.4 Å². The molecule has 2 rings (SSSR count). The van der Waals surface area contributed by atoms with Gasteiger partial charge in [-0.3, -0.25) is 4.57 Å². The van der Waals surface area contributed by atoms with Gasteiger partial charge in [-0.2, -0.15) is 4.98 Å². The summed E-state index contributed by atoms with van der Waals surface area (Å²) < 4.78 is 7.38. The second kappa shape index (κ2) is 6.16. The number of aliphatic hydroxyl groups excluding tert-OH is 1. The summed E-state index contributed by atoms with van der Waals surface area (Å²) in [6.07, 6.45) is 6.83. The van der Waals surface area contributed by atoms with E-state index in [2.05, 4.69) is 4.98 Å². The van der Waals surface area contributed by atoms with Crippen LogP contribution in [0.3, 0.4) is 0 Å². The maximum atomic E-state index is 11.8. The summed E-state index contributed by atoms with van der Waals surface area (Å²) in [6, 6.07) is 1.62. The molecule has 0 saturated heterocycles. The quantitative estimate of drug-likeness (QED) is 0.812. The molecule has 1 aliphatic rings. The topological polar surface area (TPSA) is 90.4 Å². The lowest BCUT2D eigenvalue weighted by Gasteiger charge is -2.37. The van der Waals surface area contributed by atoms with Gasteiger partial charge >= 0.3 is 5.69 Å². The predicted molar refractivity (Wildman–Crippen MR) is 71.8 cm³/mol. The zero-order valence-corrected chi connectivity index (χ0v) is 11.0. The Morgan fingerprint density at radius 1 is 1.42 bits per heavy atom. The molecule has 0 spiro atoms. The van der Waals surface area contributed by atoms with E-state index < -0.39 is 0 Å². The maximum absolute atomic E-state index is 11.8. The fourth-order valence-electron chi connectivity index (χ4n) is 2.68. The number of hydrogen-bond acceptors (Lipinski definition) is 5. The van der Waals surface area contributed by atoms with E-state index in [1.807, 2.05) is 0 Å². The number of nitrogen functional groups attached to an aromatic ring is 1. The van der Waals surface area contributed by atoms with Crippen molar-refractivity contribution in [3.63, 3.8) is 0 Å². The van der Waals surface area contributed by atoms with Crippen molar-refractivity contribution in [3.05, 3.63) is 22.7 Å². The zero-order valence-electron chi connectivity index (χ0n) is 11.0. The number of anilines is 1. The Labute approximate surface area is 112 Å². The molecule has 106 valence electrons. The molecule has 0 aromatic carbocycles. The van der Waals surface area contributed by atoms with Gasteiger partial charge in [0.15, 0.2) is 0 Å². The van der Waals surface area contributed by atoms with E-state index in [-0.39, 0.29) is 23.7 Å². The van der Waals surface area contributed by atoms with Crippen LogP contribution in [-0.4, -0.2) is 33.5 Å². The van der Waals surface area contributed by atoms with Crippen LogP contribution < -0.4 is 11.4 Å². The van der Waals surface area contributed by atoms with Crippen molar-refractivity contribution in [1.82, 2.24) is 9.55 Å². The average Bonchev–Trinajstić information content (AvgIpc) is 2.41. The van der Waals surface area contributed by atoms with E-state index in [9.17, 15) is 4.79 Å². The smallest absolute Gasteiger partial charge is 0.349 e. The minimum absolute atomic E-state index is 0.00334. The number of hydrogen-bond donors (Lipinski definition) is 2. The van der Waals surface area contributed by atoms with Crippen LogP contribution >= 0.6 is 0 Å². The zero-order chi connectivity index (χ0) is 13.7. The number of aliphatic hydroxyl groups is 1. The van der Waals surface area contributed by atoms with Gasteiger partial charge in [0.1, 0.15) is 5.82 Å². The van der Waals surface area contributed by atoms with Gasteiger partial charge in [0.25, 0.3) is 0 Å². The van der Waals surface area contributed by atoms with E-state index in [0.717, 1.165) is 25.7 Å². The van der Waals surface area contributed by atoms with E-state index in [0.29, 0.717) is 13.2 Å². The van der Waals surface area contributed by atoms with Crippen LogP contribution in [0.1, 0.15) is 32.1 Å². The Bertz CT molecular complexity index is 466. The molecular formula is C13H21N3O3. The maximum Gasteiger partial charge on any atom is 0.349 e. The molecule has 6 nitrogen and oxygen atoms in total. The first-order valence-corrected chi connectivity index (χ1v) is 6.73. The molecule has 19 heavy (non-hydrogen) atoms. The molecule has 1 aromatic heterocycles. The second-order valence-electron chi connectivity index (χ2n) is 5.08. The molecule has 3 N–H and O–H groups in total. The average molecular weight is 267 g/mol. The fraction of sp³-hybridized carbons (Fsp3) is 0.692. The van der Waals surface area contributed by atoms with Gasteiger partial charge in [-0.15, -0.1) is 0 Å². The molecule has 1 heterocycles. The minimum Gasteiger partial charge on any atom is -0.394 e. The van der Waals surface area contributed by atoms with E-state index in [1.54, 1.807) is 16.8 Å². The van der Waals surface area contributed by atoms with E-state index >= 15 is 0 Å². The Kier molecular flexibility index (Phi) is 4.55. The largest absolute Gasteiger partial charge is 0.394 e. The summed E-state index contributed by atoms with van der Waals surface area (Å²) in [6.45, 7) is 0.771. The molecule has 0 bridgehead atoms. The van der Waals surface area contributed by atoms with Crippen molar-refractivity contribution in [1.29, 1.82) is 0 Å². The molecule has 0 amide bonds. The monoisotopic (exact) mass is 267 g/mol. The van der Waals surface area contributed by atoms with E-state index in [4.69, 9.17) is 15.6 Å². The van der Waals surface area contributed by atoms with Crippen LogP contribution in [-0.2, 0) is 11.3 Å². The SMILES string of the molecule is Nc1ccn(CC2(OCCO)CCCCC2)c(=O)n1. The Morgan fingerprint density at radius 3 is 2.79 bits per heavy atom. The normalized spacial score (nSPS) is 18.4. The highest BCUT2D eigenvalue weighted by Gasteiger charge is 2.33. The van der Waals surface area contributed by atoms with Gasteiger partial charge in [-0.25, -0.2) is 4.79 Å². The van der Waals surface area contributed by atoms with Crippen LogP contribution in [0.25, 0.3) is 0 Å². The van der Waals surface area contributed by atoms with Gasteiger partial charge in [-0.05, 0) is 18.9 Å². The molecule has 0 aliphatic heterocycles. The molecule has 1 aromatic rings. The first-order valence-electron chi connectivity index (χ1n) is 6.73. The summed E-state index contributed by atoms with van der Waals surface area (Å²) in [5.41, 5.74) is 4.78. The molecule has 1 saturated carbocycles. The molecule has 1 aliphatic carbocycles. The lowest BCUT2D eigenvalue weighted by molar-refractivity contribution is -0.0911. The molecule has 1 fully saturated rings. The summed E-state index contributed by atoms with van der Waals surface area (Å²) >= 11 is 0. The number of aromatic nitrogens is 2. The van der Waals surface area contributed by atoms with Gasteiger partial charge in [-0.1, -0.05) is 19.3 Å². The van der Waals surface area contributed by atoms with Crippen molar-refractivity contribution in [2.45, 2.75) is 44.2 Å². The third-order valence-electron chi connectivity index (χ3n) is 3.62. The van der Waals surface area contributed by atoms with Crippen LogP contribution in [0.15, 0.2) is 17.1 Å². The number of nitrogens with two attached hydrogens (primary N) is 1. The highest BCUT2D eigenvalue weighted by Crippen LogP contribution is 2.32. The van der Waals surface area contributed by atoms with Crippen molar-refractivity contribution in [3.8, 4) is 0 Å². The molecular weight excluding hydrogens is 246 g/mol. The lowest BCUT2D eigenvalue weighted by Crippen LogP contribution is -2.43. The Hall–Kier alpha value is -1.40. The van der Waals surface area contributed by atoms with E-state index in [1.165, 1.54) is 6.42 Å². The van der Waals surface area contributed by atoms with Gasteiger partial charge in [0, 0.05) is 6.20 Å². The summed E-state index contributed by atoms with van der Waals surface area (Å²) in [5.74, 6) is 0.232. The highest BCUT2D eigenvalue weighted by atomic mass is 16.5. The van der Waals surface area contributed by atoms with Crippen molar-refractivity contribution in [2.75, 3.05) is 18.9 Å². The first-order chi connectivity index (χ1) is 9.15. The predicted octanol–water partition coefficient (Wildman–Crippen LogP) is 0.537. The summed E-state index contributed by atoms with van der Waals surface area (Å²) in [4.78, 5) is 15.5. The third-order valence-corrected chi connectivity index (χ3v) is 3.62. The van der Waals surface area contributed by atoms with Crippen LogP contribution in [0, 0.1) is 0 Å². The standard InChI is InChI=1S/C13H21N3O3/c14-11-4-7-16(12(18)15-11)10-13(19-9-8-17)5-2-1-3-6-13/h4,7,17H,1-3,5-6,8-10H2,(H2,14,15,18).